The van der Waals surface area contributed by atoms with E-state index in [1.165, 1.54) is 20.0 Å². The van der Waals surface area contributed by atoms with Crippen molar-refractivity contribution in [1.82, 2.24) is 4.98 Å². The second-order valence-electron chi connectivity index (χ2n) is 3.07. The molecule has 0 saturated heterocycles. The molecule has 1 aromatic carbocycles. The van der Waals surface area contributed by atoms with Crippen molar-refractivity contribution in [3.05, 3.63) is 42.6 Å². The van der Waals surface area contributed by atoms with Gasteiger partial charge in [-0.15, -0.1) is 0 Å². The molecule has 0 atom stereocenters. The summed E-state index contributed by atoms with van der Waals surface area (Å²) in [7, 11) is 0. The van der Waals surface area contributed by atoms with E-state index in [1.807, 2.05) is 12.3 Å². The van der Waals surface area contributed by atoms with Gasteiger partial charge in [0.25, 0.3) is 0 Å². The van der Waals surface area contributed by atoms with Gasteiger partial charge in [-0.1, -0.05) is 0 Å². The van der Waals surface area contributed by atoms with E-state index >= 15 is 0 Å². The van der Waals surface area contributed by atoms with Crippen LogP contribution in [0.25, 0.3) is 11.3 Å². The van der Waals surface area contributed by atoms with Crippen LogP contribution in [0.4, 0.5) is 0 Å². The van der Waals surface area contributed by atoms with Crippen LogP contribution < -0.4 is 8.79 Å². The molecule has 1 aromatic heterocycles. The Bertz CT molecular complexity index is 422. The fraction of sp³-hybridized carbons (Fsp3) is 0. The molecule has 2 radical (unpaired) electrons. The van der Waals surface area contributed by atoms with Gasteiger partial charge in [-0.05, 0) is 0 Å². The number of aromatic nitrogens is 1. The van der Waals surface area contributed by atoms with Crippen molar-refractivity contribution in [2.24, 2.45) is 0 Å². The molecule has 1 nitrogen and oxygen atoms in total. The summed E-state index contributed by atoms with van der Waals surface area (Å²) < 4.78 is 3.00. The number of hydrogen-bond acceptors (Lipinski definition) is 1. The van der Waals surface area contributed by atoms with Crippen LogP contribution in [0, 0.1) is 0 Å². The van der Waals surface area contributed by atoms with Gasteiger partial charge < -0.3 is 0 Å². The van der Waals surface area contributed by atoms with Crippen LogP contribution in [-0.2, 0) is 0 Å². The molecular formula is C11H7GeN. The minimum atomic E-state index is -0.0962. The second kappa shape index (κ2) is 2.70. The van der Waals surface area contributed by atoms with Crippen molar-refractivity contribution in [2.75, 3.05) is 0 Å². The van der Waals surface area contributed by atoms with Crippen molar-refractivity contribution in [2.45, 2.75) is 0 Å². The molecule has 60 valence electrons. The Balaban J connectivity index is 2.32. The van der Waals surface area contributed by atoms with Crippen LogP contribution in [0.1, 0.15) is 0 Å². The van der Waals surface area contributed by atoms with Crippen LogP contribution in [0.3, 0.4) is 0 Å². The topological polar surface area (TPSA) is 12.9 Å². The Morgan fingerprint density at radius 3 is 2.77 bits per heavy atom. The molecule has 1 aliphatic rings. The Morgan fingerprint density at radius 1 is 0.923 bits per heavy atom. The zero-order chi connectivity index (χ0) is 8.67. The van der Waals surface area contributed by atoms with Crippen LogP contribution >= 0.6 is 0 Å². The van der Waals surface area contributed by atoms with E-state index in [4.69, 9.17) is 0 Å². The number of hydrogen-bond donors (Lipinski definition) is 0. The number of pyridine rings is 1. The Hall–Kier alpha value is -1.09. The Morgan fingerprint density at radius 2 is 1.77 bits per heavy atom. The Kier molecular flexibility index (Phi) is 1.52. The summed E-state index contributed by atoms with van der Waals surface area (Å²) in [6.07, 6.45) is 1.88. The van der Waals surface area contributed by atoms with Gasteiger partial charge in [-0.2, -0.15) is 0 Å². The summed E-state index contributed by atoms with van der Waals surface area (Å²) >= 11 is -0.0962. The molecular weight excluding hydrogens is 219 g/mol. The van der Waals surface area contributed by atoms with Crippen molar-refractivity contribution in [3.8, 4) is 11.3 Å². The molecule has 0 bridgehead atoms. The molecule has 0 N–H and O–H groups in total. The van der Waals surface area contributed by atoms with E-state index in [9.17, 15) is 0 Å². The standard InChI is InChI=1S/C11H7GeN/c1-2-5-9-8(4-1)11-10(12-9)6-3-7-13-11/h1-7H. The molecule has 2 heteroatoms. The minimum absolute atomic E-state index is 0.0962. The third-order valence-corrected chi connectivity index (χ3v) is 5.15. The predicted octanol–water partition coefficient (Wildman–Crippen LogP) is 0.717. The van der Waals surface area contributed by atoms with Crippen LogP contribution in [0.5, 0.6) is 0 Å². The van der Waals surface area contributed by atoms with Gasteiger partial charge >= 0.3 is 83.1 Å². The average Bonchev–Trinajstić information content (AvgIpc) is 2.56. The molecule has 2 heterocycles. The molecule has 0 spiro atoms. The predicted molar refractivity (Wildman–Crippen MR) is 54.7 cm³/mol. The molecule has 3 rings (SSSR count). The van der Waals surface area contributed by atoms with Crippen LogP contribution in [-0.4, -0.2) is 20.4 Å². The van der Waals surface area contributed by atoms with Crippen LogP contribution in [0.15, 0.2) is 42.6 Å². The normalized spacial score (nSPS) is 12.3. The summed E-state index contributed by atoms with van der Waals surface area (Å²) in [6.45, 7) is 0. The average molecular weight is 226 g/mol. The SMILES string of the molecule is c1ccc2[c](c1)[Ge][c]1cccnc1-2. The molecule has 0 saturated carbocycles. The third-order valence-electron chi connectivity index (χ3n) is 2.26. The molecule has 0 fully saturated rings. The first-order valence-electron chi connectivity index (χ1n) is 4.26. The monoisotopic (exact) mass is 227 g/mol. The fourth-order valence-electron chi connectivity index (χ4n) is 1.66. The van der Waals surface area contributed by atoms with Crippen molar-refractivity contribution in [1.29, 1.82) is 0 Å². The molecule has 0 aliphatic carbocycles. The van der Waals surface area contributed by atoms with Gasteiger partial charge in [-0.3, -0.25) is 0 Å². The molecule has 1 aliphatic heterocycles. The van der Waals surface area contributed by atoms with Crippen molar-refractivity contribution in [3.63, 3.8) is 0 Å². The summed E-state index contributed by atoms with van der Waals surface area (Å²) in [4.78, 5) is 4.43. The summed E-state index contributed by atoms with van der Waals surface area (Å²) in [5, 5.41) is 0. The molecule has 2 aromatic rings. The van der Waals surface area contributed by atoms with Gasteiger partial charge in [-0.25, -0.2) is 0 Å². The van der Waals surface area contributed by atoms with E-state index < -0.39 is 0 Å². The first kappa shape index (κ1) is 7.33. The van der Waals surface area contributed by atoms with Gasteiger partial charge in [0, 0.05) is 0 Å². The fourth-order valence-corrected chi connectivity index (χ4v) is 4.40. The van der Waals surface area contributed by atoms with Gasteiger partial charge in [0.15, 0.2) is 0 Å². The van der Waals surface area contributed by atoms with Gasteiger partial charge in [0.1, 0.15) is 0 Å². The van der Waals surface area contributed by atoms with Gasteiger partial charge in [0.05, 0.1) is 0 Å². The van der Waals surface area contributed by atoms with E-state index in [-0.39, 0.29) is 15.4 Å². The van der Waals surface area contributed by atoms with E-state index in [0.29, 0.717) is 0 Å². The third kappa shape index (κ3) is 1.04. The van der Waals surface area contributed by atoms with Crippen molar-refractivity contribution >= 4 is 24.2 Å². The number of fused-ring (bicyclic) bond motifs is 3. The zero-order valence-corrected chi connectivity index (χ0v) is 9.09. The molecule has 0 unspecified atom stereocenters. The first-order chi connectivity index (χ1) is 6.45. The zero-order valence-electron chi connectivity index (χ0n) is 6.99. The summed E-state index contributed by atoms with van der Waals surface area (Å²) in [5.74, 6) is 0. The summed E-state index contributed by atoms with van der Waals surface area (Å²) in [6, 6.07) is 12.9. The van der Waals surface area contributed by atoms with E-state index in [1.54, 1.807) is 0 Å². The number of nitrogens with zero attached hydrogens (tertiary/aromatic N) is 1. The van der Waals surface area contributed by atoms with E-state index in [0.717, 1.165) is 0 Å². The molecule has 0 amide bonds. The maximum absolute atomic E-state index is 4.43. The first-order valence-corrected chi connectivity index (χ1v) is 6.36. The summed E-state index contributed by atoms with van der Waals surface area (Å²) in [5.41, 5.74) is 2.58. The van der Waals surface area contributed by atoms with E-state index in [2.05, 4.69) is 35.3 Å². The van der Waals surface area contributed by atoms with Crippen molar-refractivity contribution < 1.29 is 0 Å². The molecule has 13 heavy (non-hydrogen) atoms. The maximum atomic E-state index is 4.43. The Labute approximate surface area is 83.3 Å². The van der Waals surface area contributed by atoms with Gasteiger partial charge in [0.2, 0.25) is 0 Å². The van der Waals surface area contributed by atoms with Crippen LogP contribution in [0.2, 0.25) is 0 Å². The quantitative estimate of drug-likeness (QED) is 0.514. The second-order valence-corrected chi connectivity index (χ2v) is 5.86. The number of rotatable bonds is 0. The number of benzene rings is 1.